The molecule has 1 aromatic rings. The lowest BCUT2D eigenvalue weighted by Crippen LogP contribution is -2.17. The SMILES string of the molecule is C=C/C=C\C=C\OC(=C)CCC(=C)/C(=C\C#N)CN/C(=C(\C)Cl)c1ccc(OC)cc1. The molecular weight excluding hydrogens is 408 g/mol. The van der Waals surface area contributed by atoms with Gasteiger partial charge in [0.15, 0.2) is 0 Å². The largest absolute Gasteiger partial charge is 0.497 e. The first-order valence-corrected chi connectivity index (χ1v) is 10.1. The first-order chi connectivity index (χ1) is 14.9. The van der Waals surface area contributed by atoms with Crippen LogP contribution >= 0.6 is 11.6 Å². The number of ether oxygens (including phenoxy) is 2. The van der Waals surface area contributed by atoms with Gasteiger partial charge < -0.3 is 14.8 Å². The summed E-state index contributed by atoms with van der Waals surface area (Å²) < 4.78 is 10.7. The predicted molar refractivity (Wildman–Crippen MR) is 130 cm³/mol. The van der Waals surface area contributed by atoms with Gasteiger partial charge >= 0.3 is 0 Å². The molecule has 0 saturated heterocycles. The third kappa shape index (κ3) is 9.75. The first kappa shape index (κ1) is 25.6. The van der Waals surface area contributed by atoms with Crippen molar-refractivity contribution in [1.82, 2.24) is 5.32 Å². The fourth-order valence-corrected chi connectivity index (χ4v) is 2.73. The molecule has 0 radical (unpaired) electrons. The lowest BCUT2D eigenvalue weighted by Gasteiger charge is -2.16. The number of nitriles is 1. The molecule has 31 heavy (non-hydrogen) atoms. The minimum absolute atomic E-state index is 0.414. The Bertz CT molecular complexity index is 925. The van der Waals surface area contributed by atoms with Crippen LogP contribution in [0.25, 0.3) is 5.70 Å². The monoisotopic (exact) mass is 436 g/mol. The van der Waals surface area contributed by atoms with Crippen molar-refractivity contribution in [2.75, 3.05) is 13.7 Å². The second-order valence-corrected chi connectivity index (χ2v) is 7.07. The molecule has 1 rings (SSSR count). The van der Waals surface area contributed by atoms with Crippen molar-refractivity contribution in [2.24, 2.45) is 0 Å². The van der Waals surface area contributed by atoms with Crippen molar-refractivity contribution in [2.45, 2.75) is 19.8 Å². The number of allylic oxidation sites excluding steroid dienone is 7. The summed E-state index contributed by atoms with van der Waals surface area (Å²) in [6.45, 7) is 13.9. The highest BCUT2D eigenvalue weighted by Gasteiger charge is 2.09. The highest BCUT2D eigenvalue weighted by Crippen LogP contribution is 2.23. The van der Waals surface area contributed by atoms with Crippen LogP contribution in [0.15, 0.2) is 103 Å². The van der Waals surface area contributed by atoms with E-state index in [2.05, 4.69) is 31.1 Å². The highest BCUT2D eigenvalue weighted by molar-refractivity contribution is 6.32. The zero-order valence-corrected chi connectivity index (χ0v) is 18.9. The summed E-state index contributed by atoms with van der Waals surface area (Å²) in [7, 11) is 1.62. The van der Waals surface area contributed by atoms with E-state index >= 15 is 0 Å². The summed E-state index contributed by atoms with van der Waals surface area (Å²) in [6, 6.07) is 9.68. The van der Waals surface area contributed by atoms with Crippen molar-refractivity contribution in [3.8, 4) is 11.8 Å². The van der Waals surface area contributed by atoms with Crippen LogP contribution in [0.2, 0.25) is 0 Å². The molecule has 0 fully saturated rings. The smallest absolute Gasteiger partial charge is 0.118 e. The molecular formula is C26H29ClN2O2. The van der Waals surface area contributed by atoms with Crippen LogP contribution in [-0.2, 0) is 4.74 Å². The molecule has 0 aliphatic carbocycles. The summed E-state index contributed by atoms with van der Waals surface area (Å²) in [5.41, 5.74) is 3.33. The van der Waals surface area contributed by atoms with Gasteiger partial charge in [0.05, 0.1) is 30.9 Å². The molecule has 0 atom stereocenters. The van der Waals surface area contributed by atoms with E-state index < -0.39 is 0 Å². The number of benzene rings is 1. The van der Waals surface area contributed by atoms with Crippen LogP contribution < -0.4 is 10.1 Å². The van der Waals surface area contributed by atoms with E-state index in [1.807, 2.05) is 37.3 Å². The Morgan fingerprint density at radius 2 is 1.87 bits per heavy atom. The Labute approximate surface area is 190 Å². The molecule has 1 N–H and O–H groups in total. The molecule has 0 spiro atoms. The molecule has 0 amide bonds. The number of nitrogens with one attached hydrogen (secondary N) is 1. The molecule has 0 aliphatic rings. The van der Waals surface area contributed by atoms with Gasteiger partial charge in [-0.1, -0.05) is 49.6 Å². The summed E-state index contributed by atoms with van der Waals surface area (Å²) in [5.74, 6) is 1.38. The average molecular weight is 437 g/mol. The van der Waals surface area contributed by atoms with E-state index in [-0.39, 0.29) is 0 Å². The maximum absolute atomic E-state index is 9.19. The van der Waals surface area contributed by atoms with Gasteiger partial charge in [0.1, 0.15) is 5.75 Å². The average Bonchev–Trinajstić information content (AvgIpc) is 2.77. The van der Waals surface area contributed by atoms with E-state index in [0.29, 0.717) is 30.2 Å². The number of rotatable bonds is 13. The highest BCUT2D eigenvalue weighted by atomic mass is 35.5. The third-order valence-electron chi connectivity index (χ3n) is 4.25. The van der Waals surface area contributed by atoms with E-state index in [1.54, 1.807) is 31.6 Å². The standard InChI is InChI=1S/C26H29ClN2O2/c1-6-7-8-9-18-31-21(3)11-10-20(2)24(16-17-28)19-29-26(22(4)27)23-12-14-25(30-5)15-13-23/h6-9,12-16,18,29H,1-3,10-11,19H2,4-5H3/b8-7-,18-9+,24-16-,26-22+. The van der Waals surface area contributed by atoms with Gasteiger partial charge in [-0.15, -0.1) is 0 Å². The van der Waals surface area contributed by atoms with Crippen molar-refractivity contribution in [1.29, 1.82) is 5.26 Å². The van der Waals surface area contributed by atoms with Crippen molar-refractivity contribution in [3.05, 3.63) is 108 Å². The third-order valence-corrected chi connectivity index (χ3v) is 4.44. The summed E-state index contributed by atoms with van der Waals surface area (Å²) >= 11 is 6.31. The quantitative estimate of drug-likeness (QED) is 0.210. The Hall–Kier alpha value is -3.42. The van der Waals surface area contributed by atoms with E-state index in [4.69, 9.17) is 21.1 Å². The molecule has 5 heteroatoms. The minimum atomic E-state index is 0.414. The van der Waals surface area contributed by atoms with Crippen molar-refractivity contribution in [3.63, 3.8) is 0 Å². The first-order valence-electron chi connectivity index (χ1n) is 9.73. The summed E-state index contributed by atoms with van der Waals surface area (Å²) in [4.78, 5) is 0. The molecule has 0 aromatic heterocycles. The fraction of sp³-hybridized carbons (Fsp3) is 0.192. The number of nitrogens with zero attached hydrogens (tertiary/aromatic N) is 1. The van der Waals surface area contributed by atoms with Crippen molar-refractivity contribution < 1.29 is 9.47 Å². The number of halogens is 1. The van der Waals surface area contributed by atoms with Crippen LogP contribution in [0.3, 0.4) is 0 Å². The maximum atomic E-state index is 9.19. The number of methoxy groups -OCH3 is 1. The second-order valence-electron chi connectivity index (χ2n) is 6.50. The Kier molecular flexibility index (Phi) is 12.0. The summed E-state index contributed by atoms with van der Waals surface area (Å²) in [5, 5.41) is 13.1. The number of hydrogen-bond donors (Lipinski definition) is 1. The lowest BCUT2D eigenvalue weighted by molar-refractivity contribution is 0.336. The maximum Gasteiger partial charge on any atom is 0.118 e. The van der Waals surface area contributed by atoms with Gasteiger partial charge in [-0.2, -0.15) is 5.26 Å². The van der Waals surface area contributed by atoms with E-state index in [9.17, 15) is 5.26 Å². The van der Waals surface area contributed by atoms with Crippen LogP contribution in [0.4, 0.5) is 0 Å². The Balaban J connectivity index is 2.72. The van der Waals surface area contributed by atoms with Gasteiger partial charge in [-0.25, -0.2) is 0 Å². The van der Waals surface area contributed by atoms with Crippen LogP contribution in [-0.4, -0.2) is 13.7 Å². The van der Waals surface area contributed by atoms with Gasteiger partial charge in [0.25, 0.3) is 0 Å². The van der Waals surface area contributed by atoms with Gasteiger partial charge in [0, 0.05) is 24.1 Å². The molecule has 0 bridgehead atoms. The van der Waals surface area contributed by atoms with Gasteiger partial charge in [-0.3, -0.25) is 0 Å². The number of hydrogen-bond acceptors (Lipinski definition) is 4. The van der Waals surface area contributed by atoms with Crippen LogP contribution in [0, 0.1) is 11.3 Å². The van der Waals surface area contributed by atoms with E-state index in [1.165, 1.54) is 6.08 Å². The molecule has 0 aliphatic heterocycles. The topological polar surface area (TPSA) is 54.3 Å². The Morgan fingerprint density at radius 3 is 2.45 bits per heavy atom. The molecule has 4 nitrogen and oxygen atoms in total. The molecule has 0 saturated carbocycles. The molecule has 0 unspecified atom stereocenters. The van der Waals surface area contributed by atoms with Gasteiger partial charge in [-0.05, 0) is 60.4 Å². The zero-order chi connectivity index (χ0) is 23.1. The van der Waals surface area contributed by atoms with Crippen molar-refractivity contribution >= 4 is 17.3 Å². The normalized spacial score (nSPS) is 12.3. The van der Waals surface area contributed by atoms with Gasteiger partial charge in [0.2, 0.25) is 0 Å². The Morgan fingerprint density at radius 1 is 1.16 bits per heavy atom. The zero-order valence-electron chi connectivity index (χ0n) is 18.2. The predicted octanol–water partition coefficient (Wildman–Crippen LogP) is 6.78. The summed E-state index contributed by atoms with van der Waals surface area (Å²) in [6.07, 6.45) is 11.3. The van der Waals surface area contributed by atoms with Crippen LogP contribution in [0.1, 0.15) is 25.3 Å². The minimum Gasteiger partial charge on any atom is -0.497 e. The van der Waals surface area contributed by atoms with Crippen LogP contribution in [0.5, 0.6) is 5.75 Å². The second kappa shape index (κ2) is 14.5. The lowest BCUT2D eigenvalue weighted by atomic mass is 10.0. The molecule has 0 heterocycles. The van der Waals surface area contributed by atoms with E-state index in [0.717, 1.165) is 28.2 Å². The molecule has 1 aromatic carbocycles. The fourth-order valence-electron chi connectivity index (χ4n) is 2.55. The molecule has 162 valence electrons.